The van der Waals surface area contributed by atoms with Crippen LogP contribution in [-0.4, -0.2) is 109 Å². The number of carbonyl (C=O) groups excluding carboxylic acids is 3. The number of amides is 3. The van der Waals surface area contributed by atoms with Crippen LogP contribution >= 0.6 is 0 Å². The lowest BCUT2D eigenvalue weighted by atomic mass is 10.0. The van der Waals surface area contributed by atoms with Crippen molar-refractivity contribution in [2.75, 3.05) is 52.6 Å². The summed E-state index contributed by atoms with van der Waals surface area (Å²) < 4.78 is 15.0. The fourth-order valence-electron chi connectivity index (χ4n) is 7.44. The van der Waals surface area contributed by atoms with Gasteiger partial charge in [0.25, 0.3) is 0 Å². The van der Waals surface area contributed by atoms with Crippen molar-refractivity contribution in [1.29, 1.82) is 0 Å². The summed E-state index contributed by atoms with van der Waals surface area (Å²) in [5.41, 5.74) is 5.32. The molecular formula is C68H122N4O12. The molecule has 0 radical (unpaired) electrons. The van der Waals surface area contributed by atoms with Gasteiger partial charge in [-0.2, -0.15) is 0 Å². The van der Waals surface area contributed by atoms with Crippen molar-refractivity contribution in [1.82, 2.24) is 16.0 Å². The van der Waals surface area contributed by atoms with Crippen LogP contribution in [0.1, 0.15) is 228 Å². The molecule has 4 atom stereocenters. The lowest BCUT2D eigenvalue weighted by Gasteiger charge is -2.05. The van der Waals surface area contributed by atoms with Gasteiger partial charge in [-0.15, -0.1) is 0 Å². The van der Waals surface area contributed by atoms with Crippen LogP contribution in [0.2, 0.25) is 0 Å². The van der Waals surface area contributed by atoms with Gasteiger partial charge in [0.1, 0.15) is 0 Å². The number of nitrogens with two attached hydrogens (primary N) is 1. The number of alkyl carbamates (subject to hydrolysis) is 3. The lowest BCUT2D eigenvalue weighted by Crippen LogP contribution is -2.24. The average molecular weight is 1190 g/mol. The fraction of sp³-hybridized carbons (Fsp3) is 0.691. The molecular weight excluding hydrogens is 1060 g/mol. The first-order valence-corrected chi connectivity index (χ1v) is 32.1. The third kappa shape index (κ3) is 80.8. The molecule has 0 saturated carbocycles. The Morgan fingerprint density at radius 1 is 0.405 bits per heavy atom. The maximum atomic E-state index is 11.4. The van der Waals surface area contributed by atoms with E-state index in [4.69, 9.17) is 35.3 Å². The van der Waals surface area contributed by atoms with Gasteiger partial charge in [-0.05, 0) is 101 Å². The Balaban J connectivity index is -0.000000519. The van der Waals surface area contributed by atoms with E-state index in [9.17, 15) is 29.1 Å². The zero-order chi connectivity index (χ0) is 63.2. The summed E-state index contributed by atoms with van der Waals surface area (Å²) in [5.74, 6) is 0.303. The second-order valence-electron chi connectivity index (χ2n) is 21.1. The van der Waals surface area contributed by atoms with Gasteiger partial charge in [0, 0.05) is 45.6 Å². The van der Waals surface area contributed by atoms with Gasteiger partial charge < -0.3 is 56.3 Å². The maximum Gasteiger partial charge on any atom is 0.407 e. The normalized spacial score (nSPS) is 12.9. The zero-order valence-corrected chi connectivity index (χ0v) is 53.6. The van der Waals surface area contributed by atoms with Gasteiger partial charge in [0.15, 0.2) is 0 Å². The van der Waals surface area contributed by atoms with Crippen LogP contribution in [0.25, 0.3) is 0 Å². The second kappa shape index (κ2) is 71.8. The SMILES string of the molecule is CCCCC[C@H](C)/C=C/C=C\CN.CCCCC[C@H](C)/C=C/C=C\CNC(=O)OCCCCCC(=O)O.CCCCC[C@H](C)/C=C/C=C\CNC(=O)OCCCCCCO.CCCCC[C@H](O)/C=C/C=C\CNC(=O)OCCCCCC(=O)O. The van der Waals surface area contributed by atoms with E-state index in [1.54, 1.807) is 24.3 Å². The van der Waals surface area contributed by atoms with Crippen molar-refractivity contribution in [3.63, 3.8) is 0 Å². The Kier molecular flexibility index (Phi) is 72.7. The first-order chi connectivity index (χ1) is 40.6. The standard InChI is InChI=1S/C19H33NO4.C19H35NO3.C18H31NO5.C12H23N/c1-3-4-7-12-17(2)13-8-5-10-15-20-19(23)24-16-11-6-9-14-18(21)22;1-3-4-8-13-18(2)14-9-7-10-15-20-19(22)23-17-12-6-5-11-16-21;1-2-3-6-11-16(20)12-7-4-9-14-19-18(23)24-15-10-5-8-13-17(21)22;1-3-4-6-9-12(2)10-7-5-8-11-13/h5,8,10,13,17H,3-4,6-7,9,11-12,14-16H2,1-2H3,(H,20,23)(H,21,22);7,9-10,14,18,21H,3-6,8,11-13,15-17H2,1-2H3,(H,20,22);4,7,9,12,16,20H,2-3,5-6,8,10-11,13-15H2,1H3,(H,19,23)(H,21,22);5,7-8,10,12H,3-4,6,9,11,13H2,1-2H3/b10-5-,13-8+;10-7-,14-9+;9-4-,12-7+;8-5-,10-7+/t17-;18-;16-;12-/m0000/s1. The van der Waals surface area contributed by atoms with Crippen LogP contribution in [0.3, 0.4) is 0 Å². The summed E-state index contributed by atoms with van der Waals surface area (Å²) in [6.07, 6.45) is 57.3. The molecule has 0 saturated heterocycles. The first kappa shape index (κ1) is 85.0. The summed E-state index contributed by atoms with van der Waals surface area (Å²) in [5, 5.41) is 43.2. The minimum Gasteiger partial charge on any atom is -0.481 e. The van der Waals surface area contributed by atoms with E-state index < -0.39 is 30.2 Å². The molecule has 0 bridgehead atoms. The number of hydrogen-bond acceptors (Lipinski definition) is 11. The van der Waals surface area contributed by atoms with Crippen molar-refractivity contribution in [2.45, 2.75) is 234 Å². The number of unbranched alkanes of at least 4 members (excludes halogenated alkanes) is 15. The molecule has 0 aromatic heterocycles. The maximum absolute atomic E-state index is 11.4. The predicted octanol–water partition coefficient (Wildman–Crippen LogP) is 16.0. The summed E-state index contributed by atoms with van der Waals surface area (Å²) in [4.78, 5) is 54.8. The molecule has 486 valence electrons. The highest BCUT2D eigenvalue weighted by Crippen LogP contribution is 2.13. The highest BCUT2D eigenvalue weighted by atomic mass is 16.6. The molecule has 84 heavy (non-hydrogen) atoms. The summed E-state index contributed by atoms with van der Waals surface area (Å²) >= 11 is 0. The quantitative estimate of drug-likeness (QED) is 0.0160. The van der Waals surface area contributed by atoms with Gasteiger partial charge in [0.05, 0.1) is 25.9 Å². The van der Waals surface area contributed by atoms with Crippen LogP contribution in [0.5, 0.6) is 0 Å². The van der Waals surface area contributed by atoms with Gasteiger partial charge in [0.2, 0.25) is 0 Å². The van der Waals surface area contributed by atoms with Crippen molar-refractivity contribution < 1.29 is 58.6 Å². The number of rotatable bonds is 49. The number of aliphatic hydroxyl groups excluding tert-OH is 2. The van der Waals surface area contributed by atoms with E-state index in [-0.39, 0.29) is 25.5 Å². The van der Waals surface area contributed by atoms with Crippen LogP contribution in [0.4, 0.5) is 14.4 Å². The van der Waals surface area contributed by atoms with Gasteiger partial charge in [-0.1, -0.05) is 229 Å². The molecule has 3 amide bonds. The Morgan fingerprint density at radius 2 is 0.714 bits per heavy atom. The monoisotopic (exact) mass is 1190 g/mol. The van der Waals surface area contributed by atoms with E-state index in [0.717, 1.165) is 64.2 Å². The van der Waals surface area contributed by atoms with Gasteiger partial charge >= 0.3 is 30.2 Å². The number of aliphatic hydroxyl groups is 2. The molecule has 0 aliphatic carbocycles. The number of ether oxygens (including phenoxy) is 3. The van der Waals surface area contributed by atoms with Crippen molar-refractivity contribution in [2.24, 2.45) is 23.5 Å². The molecule has 16 heteroatoms. The number of carboxylic acid groups (broad SMARTS) is 2. The minimum atomic E-state index is -0.803. The van der Waals surface area contributed by atoms with E-state index in [2.05, 4.69) is 88.7 Å². The number of nitrogens with one attached hydrogen (secondary N) is 3. The summed E-state index contributed by atoms with van der Waals surface area (Å²) in [7, 11) is 0. The molecule has 9 N–H and O–H groups in total. The van der Waals surface area contributed by atoms with Crippen LogP contribution in [-0.2, 0) is 23.8 Å². The largest absolute Gasteiger partial charge is 0.481 e. The molecule has 0 rings (SSSR count). The minimum absolute atomic E-state index is 0.151. The Labute approximate surface area is 510 Å². The molecule has 0 unspecified atom stereocenters. The molecule has 16 nitrogen and oxygen atoms in total. The van der Waals surface area contributed by atoms with Crippen LogP contribution in [0, 0.1) is 17.8 Å². The van der Waals surface area contributed by atoms with Crippen molar-refractivity contribution in [3.8, 4) is 0 Å². The number of allylic oxidation sites excluding steroid dienone is 11. The zero-order valence-electron chi connectivity index (χ0n) is 53.6. The van der Waals surface area contributed by atoms with Gasteiger partial charge in [-0.3, -0.25) is 9.59 Å². The molecule has 0 aromatic carbocycles. The summed E-state index contributed by atoms with van der Waals surface area (Å²) in [6, 6.07) is 0. The second-order valence-corrected chi connectivity index (χ2v) is 21.1. The molecule has 0 aliphatic rings. The average Bonchev–Trinajstić information content (AvgIpc) is 3.46. The Morgan fingerprint density at radius 3 is 1.04 bits per heavy atom. The van der Waals surface area contributed by atoms with Crippen molar-refractivity contribution in [3.05, 3.63) is 97.2 Å². The van der Waals surface area contributed by atoms with E-state index in [1.807, 2.05) is 48.6 Å². The van der Waals surface area contributed by atoms with Gasteiger partial charge in [-0.25, -0.2) is 14.4 Å². The van der Waals surface area contributed by atoms with Crippen molar-refractivity contribution >= 4 is 30.2 Å². The molecule has 0 aromatic rings. The van der Waals surface area contributed by atoms with Crippen LogP contribution < -0.4 is 21.7 Å². The molecule has 0 spiro atoms. The van der Waals surface area contributed by atoms with E-state index in [0.29, 0.717) is 89.4 Å². The smallest absolute Gasteiger partial charge is 0.407 e. The Bertz CT molecular complexity index is 1670. The van der Waals surface area contributed by atoms with E-state index >= 15 is 0 Å². The number of hydrogen-bond donors (Lipinski definition) is 8. The molecule has 0 fully saturated rings. The fourth-order valence-corrected chi connectivity index (χ4v) is 7.44. The third-order valence-electron chi connectivity index (χ3n) is 12.6. The lowest BCUT2D eigenvalue weighted by molar-refractivity contribution is -0.138. The molecule has 0 heterocycles. The number of carboxylic acids is 2. The highest BCUT2D eigenvalue weighted by Gasteiger charge is 2.04. The third-order valence-corrected chi connectivity index (χ3v) is 12.6. The Hall–Kier alpha value is -5.45. The van der Waals surface area contributed by atoms with E-state index in [1.165, 1.54) is 77.0 Å². The molecule has 0 aliphatic heterocycles. The summed E-state index contributed by atoms with van der Waals surface area (Å²) in [6.45, 7) is 18.7. The first-order valence-electron chi connectivity index (χ1n) is 32.1. The highest BCUT2D eigenvalue weighted by molar-refractivity contribution is 5.68. The number of aliphatic carboxylic acids is 2. The number of carbonyl (C=O) groups is 5. The van der Waals surface area contributed by atoms with Crippen LogP contribution in [0.15, 0.2) is 97.2 Å². The topological polar surface area (TPSA) is 256 Å². The predicted molar refractivity (Wildman–Crippen MR) is 348 cm³/mol.